The third kappa shape index (κ3) is 5.32. The number of imide groups is 1. The van der Waals surface area contributed by atoms with E-state index in [1.54, 1.807) is 0 Å². The van der Waals surface area contributed by atoms with Crippen LogP contribution < -0.4 is 16.4 Å². The SMILES string of the molecule is NC(C(=O)O)c1ccc(O)cc1.O=C1NC(=O)C(Cc2ccccc2)N1. The van der Waals surface area contributed by atoms with E-state index in [0.717, 1.165) is 5.56 Å². The molecule has 0 bridgehead atoms. The van der Waals surface area contributed by atoms with E-state index in [2.05, 4.69) is 10.6 Å². The molecule has 2 atom stereocenters. The fourth-order valence-corrected chi connectivity index (χ4v) is 2.28. The normalized spacial score (nSPS) is 16.7. The predicted octanol–water partition coefficient (Wildman–Crippen LogP) is 0.914. The largest absolute Gasteiger partial charge is 0.508 e. The number of aromatic hydroxyl groups is 1. The summed E-state index contributed by atoms with van der Waals surface area (Å²) in [5.41, 5.74) is 6.82. The van der Waals surface area contributed by atoms with Crippen molar-refractivity contribution in [1.29, 1.82) is 0 Å². The number of nitrogens with one attached hydrogen (secondary N) is 2. The molecule has 1 fully saturated rings. The summed E-state index contributed by atoms with van der Waals surface area (Å²) in [5, 5.41) is 22.2. The Morgan fingerprint density at radius 1 is 1.08 bits per heavy atom. The second-order valence-electron chi connectivity index (χ2n) is 5.61. The Morgan fingerprint density at radius 3 is 2.19 bits per heavy atom. The zero-order valence-corrected chi connectivity index (χ0v) is 13.8. The molecule has 0 spiro atoms. The van der Waals surface area contributed by atoms with Gasteiger partial charge in [-0.3, -0.25) is 14.9 Å². The van der Waals surface area contributed by atoms with E-state index in [-0.39, 0.29) is 11.7 Å². The molecule has 2 aromatic carbocycles. The Hall–Kier alpha value is -3.39. The minimum absolute atomic E-state index is 0.0938. The summed E-state index contributed by atoms with van der Waals surface area (Å²) in [4.78, 5) is 32.4. The smallest absolute Gasteiger partial charge is 0.325 e. The van der Waals surface area contributed by atoms with Gasteiger partial charge in [-0.05, 0) is 23.3 Å². The fourth-order valence-electron chi connectivity index (χ4n) is 2.28. The van der Waals surface area contributed by atoms with Gasteiger partial charge in [-0.2, -0.15) is 0 Å². The number of urea groups is 1. The van der Waals surface area contributed by atoms with Gasteiger partial charge in [0.2, 0.25) is 0 Å². The summed E-state index contributed by atoms with van der Waals surface area (Å²) in [6.07, 6.45) is 0.540. The molecule has 8 heteroatoms. The first-order valence-electron chi connectivity index (χ1n) is 7.79. The van der Waals surface area contributed by atoms with Crippen LogP contribution >= 0.6 is 0 Å². The summed E-state index contributed by atoms with van der Waals surface area (Å²) >= 11 is 0. The van der Waals surface area contributed by atoms with Crippen LogP contribution in [0.3, 0.4) is 0 Å². The molecule has 26 heavy (non-hydrogen) atoms. The topological polar surface area (TPSA) is 142 Å². The van der Waals surface area contributed by atoms with Gasteiger partial charge >= 0.3 is 12.0 Å². The molecule has 0 radical (unpaired) electrons. The molecule has 136 valence electrons. The Labute approximate surface area is 149 Å². The number of phenols is 1. The van der Waals surface area contributed by atoms with E-state index in [9.17, 15) is 14.4 Å². The fraction of sp³-hybridized carbons (Fsp3) is 0.167. The molecule has 3 amide bonds. The molecule has 1 heterocycles. The lowest BCUT2D eigenvalue weighted by molar-refractivity contribution is -0.138. The highest BCUT2D eigenvalue weighted by Crippen LogP contribution is 2.14. The van der Waals surface area contributed by atoms with E-state index in [1.807, 2.05) is 30.3 Å². The van der Waals surface area contributed by atoms with E-state index < -0.39 is 24.1 Å². The molecule has 1 aliphatic rings. The van der Waals surface area contributed by atoms with Gasteiger partial charge < -0.3 is 21.3 Å². The third-order valence-corrected chi connectivity index (χ3v) is 3.66. The van der Waals surface area contributed by atoms with Crippen molar-refractivity contribution in [2.24, 2.45) is 5.73 Å². The van der Waals surface area contributed by atoms with Gasteiger partial charge in [0.05, 0.1) is 0 Å². The molecular weight excluding hydrogens is 338 g/mol. The maximum Gasteiger partial charge on any atom is 0.325 e. The number of carbonyl (C=O) groups excluding carboxylic acids is 2. The van der Waals surface area contributed by atoms with Crippen LogP contribution in [-0.2, 0) is 16.0 Å². The van der Waals surface area contributed by atoms with Crippen molar-refractivity contribution in [2.45, 2.75) is 18.5 Å². The minimum atomic E-state index is -1.08. The molecule has 6 N–H and O–H groups in total. The van der Waals surface area contributed by atoms with E-state index in [1.165, 1.54) is 24.3 Å². The molecule has 3 rings (SSSR count). The lowest BCUT2D eigenvalue weighted by Crippen LogP contribution is -2.30. The van der Waals surface area contributed by atoms with Crippen molar-refractivity contribution >= 4 is 17.9 Å². The van der Waals surface area contributed by atoms with Crippen LogP contribution in [0.15, 0.2) is 54.6 Å². The Bertz CT molecular complexity index is 777. The standard InChI is InChI=1S/C10H10N2O2.C8H9NO3/c13-9-8(11-10(14)12-9)6-7-4-2-1-3-5-7;9-7(8(11)12)5-1-3-6(10)4-2-5/h1-5,8H,6H2,(H2,11,12,13,14);1-4,7,10H,9H2,(H,11,12). The molecule has 0 saturated carbocycles. The van der Waals surface area contributed by atoms with Gasteiger partial charge in [-0.1, -0.05) is 42.5 Å². The quantitative estimate of drug-likeness (QED) is 0.515. The van der Waals surface area contributed by atoms with Crippen molar-refractivity contribution < 1.29 is 24.6 Å². The first kappa shape index (κ1) is 18.9. The Balaban J connectivity index is 0.000000190. The third-order valence-electron chi connectivity index (χ3n) is 3.66. The van der Waals surface area contributed by atoms with Crippen molar-refractivity contribution in [3.05, 3.63) is 65.7 Å². The molecule has 0 aromatic heterocycles. The van der Waals surface area contributed by atoms with Gasteiger partial charge in [-0.15, -0.1) is 0 Å². The van der Waals surface area contributed by atoms with Crippen LogP contribution in [0.25, 0.3) is 0 Å². The van der Waals surface area contributed by atoms with Gasteiger partial charge in [-0.25, -0.2) is 4.79 Å². The van der Waals surface area contributed by atoms with E-state index >= 15 is 0 Å². The first-order chi connectivity index (χ1) is 12.4. The molecule has 2 aromatic rings. The number of carboxylic acid groups (broad SMARTS) is 1. The number of carboxylic acids is 1. The first-order valence-corrected chi connectivity index (χ1v) is 7.79. The number of rotatable bonds is 4. The number of hydrogen-bond donors (Lipinski definition) is 5. The highest BCUT2D eigenvalue weighted by molar-refractivity contribution is 6.04. The number of aliphatic carboxylic acids is 1. The number of amides is 3. The summed E-state index contributed by atoms with van der Waals surface area (Å²) in [7, 11) is 0. The maximum atomic E-state index is 11.2. The lowest BCUT2D eigenvalue weighted by Gasteiger charge is -2.06. The minimum Gasteiger partial charge on any atom is -0.508 e. The lowest BCUT2D eigenvalue weighted by atomic mass is 10.1. The van der Waals surface area contributed by atoms with Crippen LogP contribution in [0.5, 0.6) is 5.75 Å². The van der Waals surface area contributed by atoms with Crippen molar-refractivity contribution in [3.63, 3.8) is 0 Å². The second kappa shape index (κ2) is 8.63. The van der Waals surface area contributed by atoms with E-state index in [4.69, 9.17) is 15.9 Å². The predicted molar refractivity (Wildman–Crippen MR) is 93.3 cm³/mol. The number of nitrogens with two attached hydrogens (primary N) is 1. The number of phenolic OH excluding ortho intramolecular Hbond substituents is 1. The Kier molecular flexibility index (Phi) is 6.29. The van der Waals surface area contributed by atoms with Gasteiger partial charge in [0.1, 0.15) is 17.8 Å². The number of benzene rings is 2. The molecule has 8 nitrogen and oxygen atoms in total. The second-order valence-corrected chi connectivity index (χ2v) is 5.61. The van der Waals surface area contributed by atoms with E-state index in [0.29, 0.717) is 12.0 Å². The maximum absolute atomic E-state index is 11.2. The molecule has 2 unspecified atom stereocenters. The molecule has 0 aliphatic carbocycles. The zero-order valence-electron chi connectivity index (χ0n) is 13.8. The van der Waals surface area contributed by atoms with Crippen molar-refractivity contribution in [2.75, 3.05) is 0 Å². The Morgan fingerprint density at radius 2 is 1.69 bits per heavy atom. The van der Waals surface area contributed by atoms with Crippen LogP contribution in [-0.4, -0.2) is 34.2 Å². The average Bonchev–Trinajstić information content (AvgIpc) is 2.93. The summed E-state index contributed by atoms with van der Waals surface area (Å²) in [6, 6.07) is 13.5. The molecular formula is C18H19N3O5. The van der Waals surface area contributed by atoms with Gasteiger partial charge in [0, 0.05) is 6.42 Å². The zero-order chi connectivity index (χ0) is 19.1. The molecule has 1 aliphatic heterocycles. The van der Waals surface area contributed by atoms with Crippen LogP contribution in [0.2, 0.25) is 0 Å². The van der Waals surface area contributed by atoms with Gasteiger partial charge in [0.15, 0.2) is 0 Å². The van der Waals surface area contributed by atoms with Crippen LogP contribution in [0.4, 0.5) is 4.79 Å². The average molecular weight is 357 g/mol. The highest BCUT2D eigenvalue weighted by atomic mass is 16.4. The number of hydrogen-bond acceptors (Lipinski definition) is 5. The van der Waals surface area contributed by atoms with Crippen molar-refractivity contribution in [1.82, 2.24) is 10.6 Å². The number of carbonyl (C=O) groups is 3. The van der Waals surface area contributed by atoms with Crippen LogP contribution in [0, 0.1) is 0 Å². The van der Waals surface area contributed by atoms with Crippen molar-refractivity contribution in [3.8, 4) is 5.75 Å². The highest BCUT2D eigenvalue weighted by Gasteiger charge is 2.29. The summed E-state index contributed by atoms with van der Waals surface area (Å²) in [6.45, 7) is 0. The summed E-state index contributed by atoms with van der Waals surface area (Å²) in [5.74, 6) is -1.24. The monoisotopic (exact) mass is 357 g/mol. The summed E-state index contributed by atoms with van der Waals surface area (Å²) < 4.78 is 0. The molecule has 1 saturated heterocycles. The van der Waals surface area contributed by atoms with Gasteiger partial charge in [0.25, 0.3) is 5.91 Å². The van der Waals surface area contributed by atoms with Crippen LogP contribution in [0.1, 0.15) is 17.2 Å².